The zero-order valence-corrected chi connectivity index (χ0v) is 55.3. The monoisotopic (exact) mass is 1350 g/mol. The number of carbonyl (C=O) groups is 13. The number of rotatable bonds is 42. The van der Waals surface area contributed by atoms with Crippen LogP contribution in [0.3, 0.4) is 0 Å². The number of hydrogen-bond donors (Lipinski definition) is 15. The molecule has 13 amide bonds. The van der Waals surface area contributed by atoms with Crippen LogP contribution in [-0.2, 0) is 75.2 Å². The first-order valence-corrected chi connectivity index (χ1v) is 33.6. The van der Waals surface area contributed by atoms with Crippen molar-refractivity contribution in [2.45, 2.75) is 183 Å². The molecule has 10 atom stereocenters. The van der Waals surface area contributed by atoms with E-state index in [0.29, 0.717) is 55.4 Å². The number of nitrogens with one attached hydrogen (secondary N) is 8. The first kappa shape index (κ1) is 78.5. The summed E-state index contributed by atoms with van der Waals surface area (Å²) < 4.78 is 0. The Morgan fingerprint density at radius 3 is 1.51 bits per heavy atom. The maximum atomic E-state index is 14.7. The van der Waals surface area contributed by atoms with E-state index < -0.39 is 169 Å². The third-order valence-corrected chi connectivity index (χ3v) is 16.7. The summed E-state index contributed by atoms with van der Waals surface area (Å²) in [6, 6.07) is 4.51. The van der Waals surface area contributed by atoms with Crippen molar-refractivity contribution < 1.29 is 62.3 Å². The van der Waals surface area contributed by atoms with Gasteiger partial charge in [0.05, 0.1) is 12.6 Å². The van der Waals surface area contributed by atoms with E-state index in [2.05, 4.69) is 47.5 Å². The summed E-state index contributed by atoms with van der Waals surface area (Å²) in [7, 11) is 0. The van der Waals surface area contributed by atoms with E-state index in [1.54, 1.807) is 60.7 Å². The number of carbonyl (C=O) groups excluding carboxylic acids is 13. The molecule has 0 saturated carbocycles. The summed E-state index contributed by atoms with van der Waals surface area (Å²) in [5.74, 6) is -9.80. The van der Waals surface area contributed by atoms with Crippen LogP contribution in [0.2, 0.25) is 0 Å². The van der Waals surface area contributed by atoms with Gasteiger partial charge in [0.25, 0.3) is 0 Å². The molecule has 2 aliphatic heterocycles. The van der Waals surface area contributed by atoms with Crippen LogP contribution in [-0.4, -0.2) is 198 Å². The molecular formula is C63H98N18O13S. The number of amides is 13. The molecule has 2 fully saturated rings. The predicted molar refractivity (Wildman–Crippen MR) is 356 cm³/mol. The second-order valence-electron chi connectivity index (χ2n) is 24.1. The molecule has 2 aliphatic rings. The Bertz CT molecular complexity index is 2960. The largest absolute Gasteiger partial charge is 0.370 e. The maximum Gasteiger partial charge on any atom is 0.245 e. The number of likely N-dealkylation sites (tertiary alicyclic amines) is 2. The molecule has 22 N–H and O–H groups in total. The Hall–Kier alpha value is -8.91. The number of aliphatic imine (C=N–C) groups is 1. The highest BCUT2D eigenvalue weighted by atomic mass is 32.2. The number of nitrogens with zero attached hydrogens (tertiary/aromatic N) is 3. The lowest BCUT2D eigenvalue weighted by atomic mass is 10.0. The number of guanidine groups is 1. The SMILES string of the molecule is CSCC[C@H](NC(=O)[C@@H](CC(C)C)NC(=O)CNC(=O)[C@H](Cc1ccccc1)NC(=O)[C@@H](Cc1ccccc1)NC(=O)[C@@H](CCC(N)=O)NC(=O)[C@@H](CCC(N)=O)NC(=O)[C@@H]1CCCN1C(=O)[C@@H](CCCCN)NC(=O)[C@H]1CCCN1C(=O)[C@@H](N)CCCN=C(N)N)C(N)=O. The summed E-state index contributed by atoms with van der Waals surface area (Å²) in [5.41, 5.74) is 40.6. The minimum Gasteiger partial charge on any atom is -0.370 e. The number of hydrogen-bond acceptors (Lipinski definition) is 17. The fourth-order valence-corrected chi connectivity index (χ4v) is 11.5. The summed E-state index contributed by atoms with van der Waals surface area (Å²) >= 11 is 1.45. The fourth-order valence-electron chi connectivity index (χ4n) is 11.0. The number of thioether (sulfide) groups is 1. The highest BCUT2D eigenvalue weighted by molar-refractivity contribution is 7.98. The highest BCUT2D eigenvalue weighted by Crippen LogP contribution is 2.24. The van der Waals surface area contributed by atoms with Crippen LogP contribution in [0.25, 0.3) is 0 Å². The molecule has 2 heterocycles. The van der Waals surface area contributed by atoms with Crippen molar-refractivity contribution in [2.24, 2.45) is 51.0 Å². The van der Waals surface area contributed by atoms with E-state index in [-0.39, 0.29) is 83.0 Å². The molecule has 4 rings (SSSR count). The molecule has 0 radical (unpaired) electrons. The molecule has 2 aromatic carbocycles. The molecular weight excluding hydrogens is 1250 g/mol. The molecule has 95 heavy (non-hydrogen) atoms. The van der Waals surface area contributed by atoms with Crippen molar-refractivity contribution >= 4 is 94.5 Å². The third kappa shape index (κ3) is 27.5. The van der Waals surface area contributed by atoms with E-state index in [0.717, 1.165) is 0 Å². The Labute approximate surface area is 558 Å². The molecule has 0 spiro atoms. The molecule has 0 aromatic heterocycles. The van der Waals surface area contributed by atoms with Crippen LogP contribution < -0.4 is 82.7 Å². The van der Waals surface area contributed by atoms with E-state index >= 15 is 0 Å². The number of primary amides is 3. The van der Waals surface area contributed by atoms with Crippen molar-refractivity contribution in [3.63, 3.8) is 0 Å². The van der Waals surface area contributed by atoms with Gasteiger partial charge in [0.1, 0.15) is 54.4 Å². The van der Waals surface area contributed by atoms with Gasteiger partial charge in [-0.3, -0.25) is 67.3 Å². The van der Waals surface area contributed by atoms with Crippen molar-refractivity contribution in [1.29, 1.82) is 0 Å². The molecule has 0 bridgehead atoms. The minimum atomic E-state index is -1.64. The zero-order valence-electron chi connectivity index (χ0n) is 54.5. The Morgan fingerprint density at radius 1 is 0.537 bits per heavy atom. The van der Waals surface area contributed by atoms with E-state index in [9.17, 15) is 62.3 Å². The lowest BCUT2D eigenvalue weighted by Crippen LogP contribution is -2.60. The Kier molecular flexibility index (Phi) is 33.9. The summed E-state index contributed by atoms with van der Waals surface area (Å²) in [6.07, 6.45) is 3.12. The quantitative estimate of drug-likeness (QED) is 0.0173. The standard InChI is InChI=1S/C63H98N18O13S/c1-37(2)33-45(57(89)74-41(53(68)85)27-32-95-3)73-52(84)36-72-54(86)46(34-38-15-6-4-7-16-38)78-58(90)47(35-39-17-8-5-9-18-39)79-56(88)42(23-25-50(66)82)75-55(87)43(24-26-51(67)83)76-59(91)49-22-14-31-81(49)62(94)44(20-10-11-28-64)77-60(92)48-21-13-30-80(48)61(93)40(65)19-12-29-71-63(69)70/h4-9,15-18,37,40-49H,10-14,19-36,64-65H2,1-3H3,(H2,66,82)(H2,67,83)(H2,68,85)(H,72,86)(H,73,84)(H,74,89)(H,75,87)(H,76,91)(H,77,92)(H,78,90)(H,79,88)(H4,69,70,71)/t40-,41-,42+,43+,44+,45+,46-,47+,48+,49-/m0/s1. The van der Waals surface area contributed by atoms with Gasteiger partial charge in [0.2, 0.25) is 76.8 Å². The molecule has 2 saturated heterocycles. The molecule has 0 aliphatic carbocycles. The van der Waals surface area contributed by atoms with Crippen LogP contribution in [0.15, 0.2) is 65.7 Å². The first-order chi connectivity index (χ1) is 45.2. The van der Waals surface area contributed by atoms with Gasteiger partial charge in [0, 0.05) is 45.3 Å². The summed E-state index contributed by atoms with van der Waals surface area (Å²) in [6.45, 7) is 3.86. The normalized spacial score (nSPS) is 16.8. The van der Waals surface area contributed by atoms with Crippen LogP contribution in [0, 0.1) is 5.92 Å². The molecule has 32 heteroatoms. The van der Waals surface area contributed by atoms with E-state index in [4.69, 9.17) is 40.1 Å². The molecule has 2 aromatic rings. The maximum absolute atomic E-state index is 14.7. The van der Waals surface area contributed by atoms with Gasteiger partial charge in [-0.2, -0.15) is 11.8 Å². The van der Waals surface area contributed by atoms with Crippen LogP contribution in [0.5, 0.6) is 0 Å². The fraction of sp³-hybridized carbons (Fsp3) is 0.587. The second kappa shape index (κ2) is 41.0. The molecule has 0 unspecified atom stereocenters. The summed E-state index contributed by atoms with van der Waals surface area (Å²) in [5, 5.41) is 21.1. The van der Waals surface area contributed by atoms with Gasteiger partial charge in [-0.05, 0) is 119 Å². The van der Waals surface area contributed by atoms with Gasteiger partial charge in [-0.15, -0.1) is 0 Å². The highest BCUT2D eigenvalue weighted by Gasteiger charge is 2.42. The number of nitrogens with two attached hydrogens (primary N) is 7. The third-order valence-electron chi connectivity index (χ3n) is 16.0. The predicted octanol–water partition coefficient (Wildman–Crippen LogP) is -3.71. The van der Waals surface area contributed by atoms with Gasteiger partial charge in [-0.25, -0.2) is 0 Å². The average Bonchev–Trinajstić information content (AvgIpc) is 1.74. The van der Waals surface area contributed by atoms with Gasteiger partial charge in [0.15, 0.2) is 5.96 Å². The van der Waals surface area contributed by atoms with Crippen molar-refractivity contribution in [1.82, 2.24) is 52.3 Å². The van der Waals surface area contributed by atoms with Gasteiger partial charge >= 0.3 is 0 Å². The first-order valence-electron chi connectivity index (χ1n) is 32.2. The topological polar surface area (TPSA) is 519 Å². The second-order valence-corrected chi connectivity index (χ2v) is 25.1. The molecule has 524 valence electrons. The average molecular weight is 1350 g/mol. The van der Waals surface area contributed by atoms with Crippen LogP contribution in [0.1, 0.15) is 121 Å². The lowest BCUT2D eigenvalue weighted by Gasteiger charge is -2.32. The van der Waals surface area contributed by atoms with Crippen molar-refractivity contribution in [3.05, 3.63) is 71.8 Å². The Morgan fingerprint density at radius 2 is 1.01 bits per heavy atom. The molecule has 31 nitrogen and oxygen atoms in total. The summed E-state index contributed by atoms with van der Waals surface area (Å²) in [4.78, 5) is 185. The minimum absolute atomic E-state index is 0.0736. The van der Waals surface area contributed by atoms with E-state index in [1.165, 1.54) is 21.6 Å². The van der Waals surface area contributed by atoms with Crippen LogP contribution >= 0.6 is 11.8 Å². The van der Waals surface area contributed by atoms with Crippen LogP contribution in [0.4, 0.5) is 0 Å². The number of unbranched alkanes of at least 4 members (excludes halogenated alkanes) is 1. The zero-order chi connectivity index (χ0) is 70.1. The van der Waals surface area contributed by atoms with Gasteiger partial charge < -0.3 is 92.5 Å². The Balaban J connectivity index is 1.56. The van der Waals surface area contributed by atoms with E-state index in [1.807, 2.05) is 20.1 Å². The number of benzene rings is 2. The van der Waals surface area contributed by atoms with Crippen molar-refractivity contribution in [2.75, 3.05) is 44.7 Å². The lowest BCUT2D eigenvalue weighted by molar-refractivity contribution is -0.144. The van der Waals surface area contributed by atoms with Crippen molar-refractivity contribution in [3.8, 4) is 0 Å². The van der Waals surface area contributed by atoms with Gasteiger partial charge in [-0.1, -0.05) is 74.5 Å². The smallest absolute Gasteiger partial charge is 0.245 e.